The molecule has 1 saturated heterocycles. The molecule has 0 spiro atoms. The molecule has 144 valence electrons. The summed E-state index contributed by atoms with van der Waals surface area (Å²) in [4.78, 5) is 13.6. The van der Waals surface area contributed by atoms with Crippen LogP contribution in [0.1, 0.15) is 24.0 Å². The first-order valence-electron chi connectivity index (χ1n) is 9.42. The highest BCUT2D eigenvalue weighted by Gasteiger charge is 2.23. The van der Waals surface area contributed by atoms with Crippen molar-refractivity contribution in [1.29, 1.82) is 0 Å². The van der Waals surface area contributed by atoms with Gasteiger partial charge in [0.25, 0.3) is 0 Å². The van der Waals surface area contributed by atoms with Crippen molar-refractivity contribution in [3.63, 3.8) is 0 Å². The molecule has 2 aliphatic rings. The molecule has 1 aromatic heterocycles. The van der Waals surface area contributed by atoms with Crippen molar-refractivity contribution in [3.8, 4) is 11.5 Å². The van der Waals surface area contributed by atoms with E-state index in [-0.39, 0.29) is 6.10 Å². The van der Waals surface area contributed by atoms with E-state index in [9.17, 15) is 5.11 Å². The number of ether oxygens (including phenoxy) is 2. The van der Waals surface area contributed by atoms with Crippen LogP contribution in [0.15, 0.2) is 24.4 Å². The number of piperidine rings is 1. The van der Waals surface area contributed by atoms with Crippen LogP contribution in [-0.2, 0) is 13.0 Å². The maximum Gasteiger partial charge on any atom is 0.227 e. The van der Waals surface area contributed by atoms with Gasteiger partial charge in [-0.05, 0) is 48.6 Å². The third kappa shape index (κ3) is 3.64. The molecule has 4 rings (SSSR count). The number of hydrogen-bond donors (Lipinski definition) is 1. The number of fused-ring (bicyclic) bond motifs is 1. The molecule has 3 heterocycles. The van der Waals surface area contributed by atoms with Crippen LogP contribution < -0.4 is 19.3 Å². The zero-order valence-electron chi connectivity index (χ0n) is 15.9. The molecule has 27 heavy (non-hydrogen) atoms. The summed E-state index contributed by atoms with van der Waals surface area (Å²) in [5, 5.41) is 9.94. The lowest BCUT2D eigenvalue weighted by Crippen LogP contribution is -2.39. The van der Waals surface area contributed by atoms with Crippen molar-refractivity contribution >= 4 is 11.8 Å². The van der Waals surface area contributed by atoms with Gasteiger partial charge in [0.2, 0.25) is 5.95 Å². The van der Waals surface area contributed by atoms with E-state index in [2.05, 4.69) is 20.9 Å². The Morgan fingerprint density at radius 2 is 1.85 bits per heavy atom. The number of β-amino-alcohol motifs (C(OH)–C–C–N with tert-alkyl or cyclic N) is 1. The van der Waals surface area contributed by atoms with Crippen molar-refractivity contribution < 1.29 is 14.6 Å². The summed E-state index contributed by atoms with van der Waals surface area (Å²) in [6, 6.07) is 6.04. The van der Waals surface area contributed by atoms with Crippen LogP contribution >= 0.6 is 0 Å². The molecule has 1 fully saturated rings. The zero-order valence-corrected chi connectivity index (χ0v) is 15.9. The molecule has 7 nitrogen and oxygen atoms in total. The quantitative estimate of drug-likeness (QED) is 0.883. The fourth-order valence-electron chi connectivity index (χ4n) is 3.88. The summed E-state index contributed by atoms with van der Waals surface area (Å²) < 4.78 is 10.9. The predicted octanol–water partition coefficient (Wildman–Crippen LogP) is 2.02. The molecule has 7 heteroatoms. The second kappa shape index (κ2) is 7.60. The van der Waals surface area contributed by atoms with Gasteiger partial charge in [-0.2, -0.15) is 4.98 Å². The topological polar surface area (TPSA) is 71.0 Å². The Bertz CT molecular complexity index is 814. The van der Waals surface area contributed by atoms with Crippen LogP contribution in [0, 0.1) is 0 Å². The van der Waals surface area contributed by atoms with E-state index < -0.39 is 0 Å². The lowest BCUT2D eigenvalue weighted by molar-refractivity contribution is 0.154. The Morgan fingerprint density at radius 1 is 1.07 bits per heavy atom. The van der Waals surface area contributed by atoms with Gasteiger partial charge in [-0.15, -0.1) is 0 Å². The summed E-state index contributed by atoms with van der Waals surface area (Å²) in [5.74, 6) is 3.13. The normalized spacial score (nSPS) is 19.6. The second-order valence-corrected chi connectivity index (χ2v) is 7.10. The first-order valence-corrected chi connectivity index (χ1v) is 9.42. The number of aliphatic hydroxyl groups excluding tert-OH is 1. The number of nitrogens with zero attached hydrogens (tertiary/aromatic N) is 4. The smallest absolute Gasteiger partial charge is 0.227 e. The Morgan fingerprint density at radius 3 is 2.59 bits per heavy atom. The fourth-order valence-corrected chi connectivity index (χ4v) is 3.88. The molecule has 0 saturated carbocycles. The Kier molecular flexibility index (Phi) is 5.03. The molecule has 1 atom stereocenters. The highest BCUT2D eigenvalue weighted by molar-refractivity contribution is 5.52. The van der Waals surface area contributed by atoms with E-state index in [1.165, 1.54) is 11.1 Å². The highest BCUT2D eigenvalue weighted by atomic mass is 16.5. The number of anilines is 2. The van der Waals surface area contributed by atoms with Gasteiger partial charge in [-0.25, -0.2) is 4.98 Å². The van der Waals surface area contributed by atoms with Gasteiger partial charge < -0.3 is 24.4 Å². The van der Waals surface area contributed by atoms with Crippen LogP contribution in [0.5, 0.6) is 11.5 Å². The molecule has 0 aliphatic carbocycles. The SMILES string of the molecule is COc1cc2c(cc1OC)CN(c1nccc(N3CCCC(O)C3)n1)CC2. The Labute approximate surface area is 159 Å². The molecule has 2 aromatic rings. The van der Waals surface area contributed by atoms with Gasteiger partial charge >= 0.3 is 0 Å². The van der Waals surface area contributed by atoms with E-state index in [1.54, 1.807) is 14.2 Å². The minimum atomic E-state index is -0.276. The number of aromatic nitrogens is 2. The van der Waals surface area contributed by atoms with Gasteiger partial charge in [0, 0.05) is 32.4 Å². The third-order valence-electron chi connectivity index (χ3n) is 5.35. The van der Waals surface area contributed by atoms with Crippen molar-refractivity contribution in [3.05, 3.63) is 35.5 Å². The summed E-state index contributed by atoms with van der Waals surface area (Å²) in [5.41, 5.74) is 2.49. The fraction of sp³-hybridized carbons (Fsp3) is 0.500. The second-order valence-electron chi connectivity index (χ2n) is 7.10. The summed E-state index contributed by atoms with van der Waals surface area (Å²) in [6.07, 6.45) is 4.29. The van der Waals surface area contributed by atoms with Gasteiger partial charge in [0.1, 0.15) is 5.82 Å². The van der Waals surface area contributed by atoms with Gasteiger partial charge in [-0.1, -0.05) is 0 Å². The van der Waals surface area contributed by atoms with Crippen LogP contribution in [0.3, 0.4) is 0 Å². The summed E-state index contributed by atoms with van der Waals surface area (Å²) in [7, 11) is 3.32. The number of hydrogen-bond acceptors (Lipinski definition) is 7. The Hall–Kier alpha value is -2.54. The zero-order chi connectivity index (χ0) is 18.8. The highest BCUT2D eigenvalue weighted by Crippen LogP contribution is 2.34. The average Bonchev–Trinajstić information content (AvgIpc) is 2.72. The largest absolute Gasteiger partial charge is 0.493 e. The minimum Gasteiger partial charge on any atom is -0.493 e. The van der Waals surface area contributed by atoms with Crippen LogP contribution in [0.2, 0.25) is 0 Å². The van der Waals surface area contributed by atoms with E-state index in [4.69, 9.17) is 14.5 Å². The van der Waals surface area contributed by atoms with Gasteiger partial charge in [-0.3, -0.25) is 0 Å². The molecule has 1 unspecified atom stereocenters. The lowest BCUT2D eigenvalue weighted by Gasteiger charge is -2.33. The summed E-state index contributed by atoms with van der Waals surface area (Å²) >= 11 is 0. The van der Waals surface area contributed by atoms with Crippen LogP contribution in [-0.4, -0.2) is 55.0 Å². The van der Waals surface area contributed by atoms with E-state index in [0.717, 1.165) is 62.2 Å². The van der Waals surface area contributed by atoms with E-state index >= 15 is 0 Å². The number of rotatable bonds is 4. The number of methoxy groups -OCH3 is 2. The molecule has 0 bridgehead atoms. The molecular formula is C20H26N4O3. The molecule has 0 radical (unpaired) electrons. The van der Waals surface area contributed by atoms with Crippen LogP contribution in [0.4, 0.5) is 11.8 Å². The van der Waals surface area contributed by atoms with E-state index in [0.29, 0.717) is 6.54 Å². The maximum absolute atomic E-state index is 9.94. The first kappa shape index (κ1) is 17.9. The minimum absolute atomic E-state index is 0.276. The van der Waals surface area contributed by atoms with Gasteiger partial charge in [0.05, 0.1) is 20.3 Å². The molecular weight excluding hydrogens is 344 g/mol. The van der Waals surface area contributed by atoms with Gasteiger partial charge in [0.15, 0.2) is 11.5 Å². The maximum atomic E-state index is 9.94. The molecule has 1 N–H and O–H groups in total. The summed E-state index contributed by atoms with van der Waals surface area (Å²) in [6.45, 7) is 3.15. The molecule has 0 amide bonds. The first-order chi connectivity index (χ1) is 13.2. The lowest BCUT2D eigenvalue weighted by atomic mass is 9.99. The number of benzene rings is 1. The van der Waals surface area contributed by atoms with Crippen molar-refractivity contribution in [1.82, 2.24) is 9.97 Å². The molecule has 1 aromatic carbocycles. The van der Waals surface area contributed by atoms with E-state index in [1.807, 2.05) is 18.3 Å². The van der Waals surface area contributed by atoms with Crippen molar-refractivity contribution in [2.45, 2.75) is 31.9 Å². The monoisotopic (exact) mass is 370 g/mol. The number of aliphatic hydroxyl groups is 1. The van der Waals surface area contributed by atoms with Crippen molar-refractivity contribution in [2.24, 2.45) is 0 Å². The van der Waals surface area contributed by atoms with Crippen molar-refractivity contribution in [2.75, 3.05) is 43.7 Å². The third-order valence-corrected chi connectivity index (χ3v) is 5.35. The Balaban J connectivity index is 1.56. The van der Waals surface area contributed by atoms with Crippen LogP contribution in [0.25, 0.3) is 0 Å². The average molecular weight is 370 g/mol. The predicted molar refractivity (Wildman–Crippen MR) is 104 cm³/mol. The molecule has 2 aliphatic heterocycles. The standard InChI is InChI=1S/C20H26N4O3/c1-26-17-10-14-6-9-24(12-15(14)11-18(17)27-2)20-21-7-5-19(22-20)23-8-3-4-16(25)13-23/h5,7,10-11,16,25H,3-4,6,8-9,12-13H2,1-2H3.